The van der Waals surface area contributed by atoms with E-state index in [9.17, 15) is 8.78 Å². The third-order valence-corrected chi connectivity index (χ3v) is 4.27. The minimum atomic E-state index is -0.874. The van der Waals surface area contributed by atoms with E-state index >= 15 is 0 Å². The maximum absolute atomic E-state index is 13.5. The topological polar surface area (TPSA) is 66.2 Å². The van der Waals surface area contributed by atoms with Gasteiger partial charge < -0.3 is 16.0 Å². The van der Waals surface area contributed by atoms with E-state index in [2.05, 4.69) is 15.3 Å². The predicted molar refractivity (Wildman–Crippen MR) is 96.1 cm³/mol. The van der Waals surface area contributed by atoms with Crippen molar-refractivity contribution in [2.24, 2.45) is 16.6 Å². The lowest BCUT2D eigenvalue weighted by Gasteiger charge is -2.20. The Morgan fingerprint density at radius 1 is 1.25 bits per heavy atom. The Morgan fingerprint density at radius 2 is 1.96 bits per heavy atom. The van der Waals surface area contributed by atoms with Crippen molar-refractivity contribution in [1.82, 2.24) is 10.3 Å². The Bertz CT molecular complexity index is 743. The molecule has 0 amide bonds. The molecule has 130 valence electrons. The summed E-state index contributed by atoms with van der Waals surface area (Å²) in [5, 5.41) is 3.92. The molecule has 0 spiro atoms. The summed E-state index contributed by atoms with van der Waals surface area (Å²) >= 11 is 0. The Hall–Kier alpha value is -2.21. The second-order valence-electron chi connectivity index (χ2n) is 5.82. The first kappa shape index (κ1) is 18.1. The van der Waals surface area contributed by atoms with Crippen LogP contribution in [0.1, 0.15) is 25.8 Å². The number of hydrogen-bond donors (Lipinski definition) is 3. The fraction of sp³-hybridized carbons (Fsp3) is 0.389. The van der Waals surface area contributed by atoms with Crippen LogP contribution < -0.4 is 11.1 Å². The van der Waals surface area contributed by atoms with Crippen LogP contribution in [0.2, 0.25) is 0 Å². The summed E-state index contributed by atoms with van der Waals surface area (Å²) in [6, 6.07) is 2.33. The summed E-state index contributed by atoms with van der Waals surface area (Å²) < 4.78 is 26.8. The van der Waals surface area contributed by atoms with Gasteiger partial charge in [-0.3, -0.25) is 4.99 Å². The van der Waals surface area contributed by atoms with E-state index in [1.807, 2.05) is 0 Å². The molecular weight excluding hydrogens is 310 g/mol. The molecule has 4 N–H and O–H groups in total. The maximum atomic E-state index is 13.5. The number of fused-ring (bicyclic) bond motifs is 1. The molecule has 0 unspecified atom stereocenters. The molecule has 1 aliphatic heterocycles. The largest absolute Gasteiger partial charge is 0.404 e. The van der Waals surface area contributed by atoms with E-state index in [1.165, 1.54) is 12.3 Å². The van der Waals surface area contributed by atoms with E-state index in [0.29, 0.717) is 22.4 Å². The molecule has 4 nitrogen and oxygen atoms in total. The van der Waals surface area contributed by atoms with Crippen molar-refractivity contribution >= 4 is 22.7 Å². The van der Waals surface area contributed by atoms with Gasteiger partial charge in [0.1, 0.15) is 0 Å². The van der Waals surface area contributed by atoms with Crippen LogP contribution in [0.3, 0.4) is 0 Å². The minimum absolute atomic E-state index is 0. The molecule has 1 aromatic heterocycles. The summed E-state index contributed by atoms with van der Waals surface area (Å²) in [4.78, 5) is 7.42. The number of aromatic amines is 1. The highest BCUT2D eigenvalue weighted by atomic mass is 19.2. The molecule has 2 aromatic rings. The lowest BCUT2D eigenvalue weighted by Crippen LogP contribution is -2.28. The number of aliphatic imine (C=N–C) groups is 1. The molecule has 0 aliphatic carbocycles. The first-order valence-electron chi connectivity index (χ1n) is 7.78. The van der Waals surface area contributed by atoms with Gasteiger partial charge in [-0.15, -0.1) is 0 Å². The van der Waals surface area contributed by atoms with E-state index < -0.39 is 11.6 Å². The molecule has 1 saturated heterocycles. The highest BCUT2D eigenvalue weighted by Gasteiger charge is 2.13. The first-order chi connectivity index (χ1) is 11.2. The number of nitrogens with zero attached hydrogens (tertiary/aromatic N) is 1. The quantitative estimate of drug-likeness (QED) is 0.750. The van der Waals surface area contributed by atoms with E-state index in [0.717, 1.165) is 44.1 Å². The molecule has 0 atom stereocenters. The average Bonchev–Trinajstić information content (AvgIpc) is 2.96. The molecule has 0 saturated carbocycles. The van der Waals surface area contributed by atoms with Crippen LogP contribution in [-0.4, -0.2) is 30.8 Å². The molecule has 0 bridgehead atoms. The first-order valence-corrected chi connectivity index (χ1v) is 7.78. The van der Waals surface area contributed by atoms with Crippen LogP contribution in [0.5, 0.6) is 0 Å². The molecular formula is C18H24F2N4. The normalized spacial score (nSPS) is 16.7. The van der Waals surface area contributed by atoms with E-state index in [1.54, 1.807) is 12.4 Å². The number of rotatable bonds is 4. The number of piperidine rings is 1. The zero-order valence-electron chi connectivity index (χ0n) is 12.8. The third-order valence-electron chi connectivity index (χ3n) is 4.27. The van der Waals surface area contributed by atoms with Gasteiger partial charge in [0.15, 0.2) is 11.6 Å². The lowest BCUT2D eigenvalue weighted by atomic mass is 9.98. The fourth-order valence-electron chi connectivity index (χ4n) is 2.92. The zero-order chi connectivity index (χ0) is 16.2. The van der Waals surface area contributed by atoms with Crippen LogP contribution in [-0.2, 0) is 0 Å². The number of nitrogens with one attached hydrogen (secondary N) is 2. The van der Waals surface area contributed by atoms with Crippen molar-refractivity contribution in [2.45, 2.75) is 20.3 Å². The molecule has 1 fully saturated rings. The summed E-state index contributed by atoms with van der Waals surface area (Å²) in [5.74, 6) is -1.16. The molecule has 3 rings (SSSR count). The van der Waals surface area contributed by atoms with Gasteiger partial charge in [0, 0.05) is 53.3 Å². The highest BCUT2D eigenvalue weighted by molar-refractivity contribution is 6.14. The van der Waals surface area contributed by atoms with Crippen LogP contribution >= 0.6 is 0 Å². The van der Waals surface area contributed by atoms with Crippen molar-refractivity contribution < 1.29 is 8.78 Å². The maximum Gasteiger partial charge on any atom is 0.160 e. The summed E-state index contributed by atoms with van der Waals surface area (Å²) in [5.41, 5.74) is 7.64. The molecule has 1 aromatic carbocycles. The van der Waals surface area contributed by atoms with Gasteiger partial charge in [-0.1, -0.05) is 7.43 Å². The Balaban J connectivity index is 0.00000208. The standard InChI is InChI=1S/C17H20F2N4.CH4/c18-15-5-13-14(10-23-17(13)6-16(15)19)12(7-20)9-22-8-11-1-3-21-4-2-11;/h5-7,9-11,21,23H,1-4,8,20H2;1H4. The van der Waals surface area contributed by atoms with Gasteiger partial charge in [0.25, 0.3) is 0 Å². The molecule has 24 heavy (non-hydrogen) atoms. The van der Waals surface area contributed by atoms with Crippen LogP contribution in [0.4, 0.5) is 8.78 Å². The van der Waals surface area contributed by atoms with Gasteiger partial charge in [-0.2, -0.15) is 0 Å². The molecule has 0 radical (unpaired) electrons. The van der Waals surface area contributed by atoms with Crippen molar-refractivity contribution in [3.05, 3.63) is 41.7 Å². The average molecular weight is 334 g/mol. The lowest BCUT2D eigenvalue weighted by molar-refractivity contribution is 0.383. The zero-order valence-corrected chi connectivity index (χ0v) is 12.8. The van der Waals surface area contributed by atoms with Crippen molar-refractivity contribution in [3.63, 3.8) is 0 Å². The third kappa shape index (κ3) is 3.82. The van der Waals surface area contributed by atoms with E-state index in [-0.39, 0.29) is 7.43 Å². The van der Waals surface area contributed by atoms with Crippen LogP contribution in [0.25, 0.3) is 16.5 Å². The van der Waals surface area contributed by atoms with Crippen molar-refractivity contribution in [2.75, 3.05) is 19.6 Å². The molecule has 6 heteroatoms. The number of H-pyrrole nitrogens is 1. The predicted octanol–water partition coefficient (Wildman–Crippen LogP) is 3.45. The summed E-state index contributed by atoms with van der Waals surface area (Å²) in [7, 11) is 0. The summed E-state index contributed by atoms with van der Waals surface area (Å²) in [6.45, 7) is 2.82. The summed E-state index contributed by atoms with van der Waals surface area (Å²) in [6.07, 6.45) is 7.09. The Morgan fingerprint density at radius 3 is 2.67 bits per heavy atom. The van der Waals surface area contributed by atoms with Crippen molar-refractivity contribution in [3.8, 4) is 0 Å². The van der Waals surface area contributed by atoms with Gasteiger partial charge in [0.2, 0.25) is 0 Å². The van der Waals surface area contributed by atoms with Crippen LogP contribution in [0.15, 0.2) is 29.5 Å². The van der Waals surface area contributed by atoms with Crippen molar-refractivity contribution in [1.29, 1.82) is 0 Å². The Kier molecular flexibility index (Phi) is 6.09. The number of halogens is 2. The smallest absolute Gasteiger partial charge is 0.160 e. The second kappa shape index (κ2) is 8.06. The van der Waals surface area contributed by atoms with Gasteiger partial charge in [-0.05, 0) is 37.9 Å². The number of benzene rings is 1. The number of aromatic nitrogens is 1. The molecule has 2 heterocycles. The number of allylic oxidation sites excluding steroid dienone is 1. The van der Waals surface area contributed by atoms with Gasteiger partial charge in [0.05, 0.1) is 0 Å². The number of hydrogen-bond acceptors (Lipinski definition) is 3. The second-order valence-corrected chi connectivity index (χ2v) is 5.82. The van der Waals surface area contributed by atoms with Gasteiger partial charge >= 0.3 is 0 Å². The van der Waals surface area contributed by atoms with Gasteiger partial charge in [-0.25, -0.2) is 8.78 Å². The molecule has 1 aliphatic rings. The van der Waals surface area contributed by atoms with E-state index in [4.69, 9.17) is 5.73 Å². The highest BCUT2D eigenvalue weighted by Crippen LogP contribution is 2.26. The SMILES string of the molecule is C.NC=C(C=NCC1CCNCC1)c1c[nH]c2cc(F)c(F)cc12. The Labute approximate surface area is 140 Å². The number of nitrogens with two attached hydrogens (primary N) is 1. The monoisotopic (exact) mass is 334 g/mol. The minimum Gasteiger partial charge on any atom is -0.404 e. The fourth-order valence-corrected chi connectivity index (χ4v) is 2.92. The van der Waals surface area contributed by atoms with Crippen LogP contribution in [0, 0.1) is 17.6 Å².